The lowest BCUT2D eigenvalue weighted by Gasteiger charge is -2.37. The van der Waals surface area contributed by atoms with Crippen LogP contribution < -0.4 is 10.2 Å². The zero-order valence-electron chi connectivity index (χ0n) is 18.6. The molecule has 2 N–H and O–H groups in total. The highest BCUT2D eigenvalue weighted by Gasteiger charge is 2.22. The topological polar surface area (TPSA) is 79.1 Å². The van der Waals surface area contributed by atoms with Crippen molar-refractivity contribution in [2.75, 3.05) is 18.0 Å². The zero-order valence-corrected chi connectivity index (χ0v) is 18.6. The molecule has 0 radical (unpaired) electrons. The van der Waals surface area contributed by atoms with Gasteiger partial charge < -0.3 is 15.3 Å². The number of phenols is 1. The fourth-order valence-electron chi connectivity index (χ4n) is 4.74. The standard InChI is InChI=1S/C24H28N6O/c1-13-10-30(11-14(2)25-13)18-6-7-21-19(9-18)16(4)26-24(27-21)20-8-17-12-29(5)28-22(17)15(3)23(20)31/h6-9,12-14,25,31H,10-11H2,1-5H3. The Morgan fingerprint density at radius 1 is 1.06 bits per heavy atom. The van der Waals surface area contributed by atoms with Crippen molar-refractivity contribution in [3.05, 3.63) is 41.7 Å². The molecule has 1 fully saturated rings. The van der Waals surface area contributed by atoms with Crippen molar-refractivity contribution in [1.82, 2.24) is 25.1 Å². The molecular formula is C24H28N6O. The molecule has 3 heterocycles. The second-order valence-electron chi connectivity index (χ2n) is 8.85. The van der Waals surface area contributed by atoms with Gasteiger partial charge in [-0.2, -0.15) is 5.10 Å². The summed E-state index contributed by atoms with van der Waals surface area (Å²) in [5.41, 5.74) is 5.16. The predicted molar refractivity (Wildman–Crippen MR) is 125 cm³/mol. The molecule has 31 heavy (non-hydrogen) atoms. The number of nitrogens with zero attached hydrogens (tertiary/aromatic N) is 5. The highest BCUT2D eigenvalue weighted by Crippen LogP contribution is 2.36. The Hall–Kier alpha value is -3.19. The smallest absolute Gasteiger partial charge is 0.163 e. The highest BCUT2D eigenvalue weighted by atomic mass is 16.3. The molecule has 0 bridgehead atoms. The number of rotatable bonds is 2. The third-order valence-corrected chi connectivity index (χ3v) is 6.16. The van der Waals surface area contributed by atoms with Crippen LogP contribution in [0.1, 0.15) is 25.1 Å². The van der Waals surface area contributed by atoms with Crippen molar-refractivity contribution in [2.24, 2.45) is 7.05 Å². The summed E-state index contributed by atoms with van der Waals surface area (Å²) in [7, 11) is 1.88. The lowest BCUT2D eigenvalue weighted by molar-refractivity contribution is 0.407. The molecule has 0 saturated carbocycles. The van der Waals surface area contributed by atoms with Crippen molar-refractivity contribution < 1.29 is 5.11 Å². The van der Waals surface area contributed by atoms with E-state index in [1.807, 2.05) is 33.2 Å². The van der Waals surface area contributed by atoms with Crippen LogP contribution in [-0.4, -0.2) is 50.0 Å². The van der Waals surface area contributed by atoms with E-state index in [0.29, 0.717) is 23.5 Å². The number of aromatic nitrogens is 4. The Kier molecular flexibility index (Phi) is 4.59. The molecule has 0 aliphatic carbocycles. The number of piperazine rings is 1. The van der Waals surface area contributed by atoms with Gasteiger partial charge in [0, 0.05) is 66.1 Å². The molecule has 4 aromatic rings. The Balaban J connectivity index is 1.59. The summed E-state index contributed by atoms with van der Waals surface area (Å²) < 4.78 is 1.76. The first-order valence-corrected chi connectivity index (χ1v) is 10.8. The monoisotopic (exact) mass is 416 g/mol. The van der Waals surface area contributed by atoms with Crippen LogP contribution in [-0.2, 0) is 7.05 Å². The molecule has 5 rings (SSSR count). The maximum absolute atomic E-state index is 10.8. The normalized spacial score (nSPS) is 19.5. The first-order chi connectivity index (χ1) is 14.8. The molecule has 1 aliphatic rings. The summed E-state index contributed by atoms with van der Waals surface area (Å²) in [6, 6.07) is 9.21. The number of phenolic OH excluding ortho intramolecular Hbond substituents is 1. The van der Waals surface area contributed by atoms with Gasteiger partial charge in [0.1, 0.15) is 5.75 Å². The lowest BCUT2D eigenvalue weighted by atomic mass is 10.0. The number of fused-ring (bicyclic) bond motifs is 2. The van der Waals surface area contributed by atoms with Gasteiger partial charge in [0.05, 0.1) is 16.6 Å². The van der Waals surface area contributed by atoms with E-state index in [2.05, 4.69) is 47.4 Å². The van der Waals surface area contributed by atoms with Gasteiger partial charge in [-0.05, 0) is 52.0 Å². The maximum Gasteiger partial charge on any atom is 0.163 e. The summed E-state index contributed by atoms with van der Waals surface area (Å²) in [5.74, 6) is 0.721. The molecule has 0 spiro atoms. The van der Waals surface area contributed by atoms with E-state index in [4.69, 9.17) is 9.97 Å². The first-order valence-electron chi connectivity index (χ1n) is 10.8. The quantitative estimate of drug-likeness (QED) is 0.519. The van der Waals surface area contributed by atoms with E-state index < -0.39 is 0 Å². The van der Waals surface area contributed by atoms with E-state index in [9.17, 15) is 5.11 Å². The van der Waals surface area contributed by atoms with Gasteiger partial charge in [-0.25, -0.2) is 9.97 Å². The van der Waals surface area contributed by atoms with Crippen LogP contribution in [0, 0.1) is 13.8 Å². The van der Waals surface area contributed by atoms with Crippen LogP contribution in [0.5, 0.6) is 5.75 Å². The van der Waals surface area contributed by atoms with E-state index in [-0.39, 0.29) is 5.75 Å². The Morgan fingerprint density at radius 3 is 2.55 bits per heavy atom. The van der Waals surface area contributed by atoms with E-state index in [1.165, 1.54) is 5.69 Å². The Bertz CT molecular complexity index is 1300. The number of aryl methyl sites for hydroxylation is 3. The van der Waals surface area contributed by atoms with Crippen molar-refractivity contribution in [3.8, 4) is 17.1 Å². The second kappa shape index (κ2) is 7.20. The SMILES string of the molecule is Cc1nc(-c2cc3cn(C)nc3c(C)c2O)nc2ccc(N3CC(C)NC(C)C3)cc12. The van der Waals surface area contributed by atoms with Crippen LogP contribution in [0.15, 0.2) is 30.5 Å². The third kappa shape index (κ3) is 3.39. The largest absolute Gasteiger partial charge is 0.507 e. The lowest BCUT2D eigenvalue weighted by Crippen LogP contribution is -2.54. The summed E-state index contributed by atoms with van der Waals surface area (Å²) in [6.45, 7) is 10.3. The minimum Gasteiger partial charge on any atom is -0.507 e. The van der Waals surface area contributed by atoms with E-state index in [0.717, 1.165) is 46.2 Å². The van der Waals surface area contributed by atoms with Crippen LogP contribution in [0.25, 0.3) is 33.2 Å². The molecule has 2 aromatic carbocycles. The third-order valence-electron chi connectivity index (χ3n) is 6.16. The van der Waals surface area contributed by atoms with Crippen LogP contribution in [0.4, 0.5) is 5.69 Å². The van der Waals surface area contributed by atoms with E-state index in [1.54, 1.807) is 4.68 Å². The molecule has 2 atom stereocenters. The number of nitrogens with one attached hydrogen (secondary N) is 1. The first kappa shape index (κ1) is 19.8. The van der Waals surface area contributed by atoms with Crippen LogP contribution >= 0.6 is 0 Å². The average Bonchev–Trinajstić information content (AvgIpc) is 3.10. The van der Waals surface area contributed by atoms with Gasteiger partial charge in [-0.15, -0.1) is 0 Å². The molecule has 2 aromatic heterocycles. The summed E-state index contributed by atoms with van der Waals surface area (Å²) in [4.78, 5) is 12.0. The number of aromatic hydroxyl groups is 1. The number of anilines is 1. The average molecular weight is 417 g/mol. The van der Waals surface area contributed by atoms with Gasteiger partial charge in [0.15, 0.2) is 5.82 Å². The maximum atomic E-state index is 10.8. The van der Waals surface area contributed by atoms with Crippen molar-refractivity contribution in [2.45, 2.75) is 39.8 Å². The molecule has 1 saturated heterocycles. The Morgan fingerprint density at radius 2 is 1.81 bits per heavy atom. The van der Waals surface area contributed by atoms with Crippen molar-refractivity contribution >= 4 is 27.5 Å². The predicted octanol–water partition coefficient (Wildman–Crippen LogP) is 3.69. The molecule has 7 heteroatoms. The molecule has 0 amide bonds. The molecule has 2 unspecified atom stereocenters. The minimum atomic E-state index is 0.186. The van der Waals surface area contributed by atoms with Crippen LogP contribution in [0.2, 0.25) is 0 Å². The van der Waals surface area contributed by atoms with Gasteiger partial charge in [-0.3, -0.25) is 4.68 Å². The zero-order chi connectivity index (χ0) is 21.9. The summed E-state index contributed by atoms with van der Waals surface area (Å²) >= 11 is 0. The molecule has 160 valence electrons. The summed E-state index contributed by atoms with van der Waals surface area (Å²) in [6.07, 6.45) is 1.95. The fraction of sp³-hybridized carbons (Fsp3) is 0.375. The summed E-state index contributed by atoms with van der Waals surface area (Å²) in [5, 5.41) is 20.9. The Labute approximate surface area is 181 Å². The van der Waals surface area contributed by atoms with Crippen molar-refractivity contribution in [3.63, 3.8) is 0 Å². The van der Waals surface area contributed by atoms with Crippen molar-refractivity contribution in [1.29, 1.82) is 0 Å². The highest BCUT2D eigenvalue weighted by molar-refractivity contribution is 5.92. The van der Waals surface area contributed by atoms with Gasteiger partial charge in [0.2, 0.25) is 0 Å². The number of benzene rings is 2. The van der Waals surface area contributed by atoms with Crippen LogP contribution in [0.3, 0.4) is 0 Å². The molecule has 1 aliphatic heterocycles. The molecular weight excluding hydrogens is 388 g/mol. The van der Waals surface area contributed by atoms with E-state index >= 15 is 0 Å². The van der Waals surface area contributed by atoms with Gasteiger partial charge >= 0.3 is 0 Å². The molecule has 7 nitrogen and oxygen atoms in total. The number of hydrogen-bond donors (Lipinski definition) is 2. The van der Waals surface area contributed by atoms with Gasteiger partial charge in [-0.1, -0.05) is 0 Å². The second-order valence-corrected chi connectivity index (χ2v) is 8.85. The number of hydrogen-bond acceptors (Lipinski definition) is 6. The minimum absolute atomic E-state index is 0.186. The fourth-order valence-corrected chi connectivity index (χ4v) is 4.74. The van der Waals surface area contributed by atoms with Gasteiger partial charge in [0.25, 0.3) is 0 Å².